The summed E-state index contributed by atoms with van der Waals surface area (Å²) >= 11 is 6.03. The topological polar surface area (TPSA) is 95.6 Å². The number of likely N-dealkylation sites (tertiary alicyclic amines) is 1. The molecule has 1 atom stereocenters. The lowest BCUT2D eigenvalue weighted by Gasteiger charge is -2.29. The zero-order chi connectivity index (χ0) is 23.8. The number of ether oxygens (including phenoxy) is 1. The summed E-state index contributed by atoms with van der Waals surface area (Å²) in [6.45, 7) is 0.395. The number of imide groups is 1. The molecule has 1 aromatic heterocycles. The number of hydrogen-bond donors (Lipinski definition) is 1. The third-order valence-electron chi connectivity index (χ3n) is 6.22. The van der Waals surface area contributed by atoms with Crippen LogP contribution in [0.25, 0.3) is 11.0 Å². The van der Waals surface area contributed by atoms with Crippen LogP contribution in [-0.4, -0.2) is 65.2 Å². The fourth-order valence-corrected chi connectivity index (χ4v) is 4.49. The van der Waals surface area contributed by atoms with Gasteiger partial charge in [0.1, 0.15) is 11.6 Å². The molecule has 2 heterocycles. The van der Waals surface area contributed by atoms with Crippen LogP contribution in [0.4, 0.5) is 0 Å². The number of halogens is 1. The van der Waals surface area contributed by atoms with Gasteiger partial charge >= 0.3 is 0 Å². The second-order valence-electron chi connectivity index (χ2n) is 8.30. The number of fused-ring (bicyclic) bond motifs is 1. The average Bonchev–Trinajstić information content (AvgIpc) is 3.31. The zero-order valence-corrected chi connectivity index (χ0v) is 19.5. The fraction of sp³-hybridized carbons (Fsp3) is 0.333. The Hall–Kier alpha value is -3.39. The summed E-state index contributed by atoms with van der Waals surface area (Å²) in [5, 5.41) is 0.618. The molecule has 1 N–H and O–H groups in total. The second-order valence-corrected chi connectivity index (χ2v) is 8.74. The molecule has 4 rings (SSSR count). The van der Waals surface area contributed by atoms with Crippen LogP contribution in [0, 0.1) is 0 Å². The maximum Gasteiger partial charge on any atom is 0.240 e. The molecule has 1 aliphatic heterocycles. The SMILES string of the molecule is COc1ccccc1C1(CC(=O)N(C)CCc2nc3ccc(Cl)cc3[nH]2)CC(=O)N(C)C1=O. The van der Waals surface area contributed by atoms with Crippen molar-refractivity contribution in [1.29, 1.82) is 0 Å². The molecule has 0 bridgehead atoms. The van der Waals surface area contributed by atoms with Crippen molar-refractivity contribution in [2.75, 3.05) is 27.7 Å². The van der Waals surface area contributed by atoms with Crippen molar-refractivity contribution in [3.8, 4) is 5.75 Å². The summed E-state index contributed by atoms with van der Waals surface area (Å²) in [6, 6.07) is 12.5. The van der Waals surface area contributed by atoms with Gasteiger partial charge in [0, 0.05) is 50.5 Å². The molecule has 2 aromatic carbocycles. The summed E-state index contributed by atoms with van der Waals surface area (Å²) in [6.07, 6.45) is 0.296. The van der Waals surface area contributed by atoms with E-state index < -0.39 is 11.3 Å². The first-order valence-corrected chi connectivity index (χ1v) is 11.0. The summed E-state index contributed by atoms with van der Waals surface area (Å²) in [7, 11) is 4.64. The van der Waals surface area contributed by atoms with Crippen LogP contribution in [0.15, 0.2) is 42.5 Å². The fourth-order valence-electron chi connectivity index (χ4n) is 4.31. The first-order valence-electron chi connectivity index (χ1n) is 10.6. The minimum Gasteiger partial charge on any atom is -0.496 e. The van der Waals surface area contributed by atoms with E-state index in [-0.39, 0.29) is 24.7 Å². The number of carbonyl (C=O) groups excluding carboxylic acids is 3. The number of para-hydroxylation sites is 1. The van der Waals surface area contributed by atoms with Crippen LogP contribution in [0.1, 0.15) is 24.2 Å². The van der Waals surface area contributed by atoms with Crippen molar-refractivity contribution in [3.63, 3.8) is 0 Å². The normalized spacial score (nSPS) is 18.2. The van der Waals surface area contributed by atoms with Gasteiger partial charge in [-0.25, -0.2) is 4.98 Å². The number of H-pyrrole nitrogens is 1. The number of likely N-dealkylation sites (N-methyl/N-ethyl adjacent to an activating group) is 2. The molecule has 0 spiro atoms. The monoisotopic (exact) mass is 468 g/mol. The lowest BCUT2D eigenvalue weighted by Crippen LogP contribution is -2.42. The first kappa shape index (κ1) is 22.8. The van der Waals surface area contributed by atoms with Gasteiger partial charge in [0.25, 0.3) is 0 Å². The number of amides is 3. The molecule has 33 heavy (non-hydrogen) atoms. The predicted octanol–water partition coefficient (Wildman–Crippen LogP) is 2.94. The Morgan fingerprint density at radius 1 is 1.27 bits per heavy atom. The quantitative estimate of drug-likeness (QED) is 0.538. The highest BCUT2D eigenvalue weighted by molar-refractivity contribution is 6.31. The second kappa shape index (κ2) is 8.86. The van der Waals surface area contributed by atoms with Crippen LogP contribution in [0.3, 0.4) is 0 Å². The number of rotatable bonds is 7. The van der Waals surface area contributed by atoms with Gasteiger partial charge in [0.15, 0.2) is 0 Å². The molecule has 9 heteroatoms. The highest BCUT2D eigenvalue weighted by Gasteiger charge is 2.54. The van der Waals surface area contributed by atoms with Crippen LogP contribution in [0.5, 0.6) is 5.75 Å². The Morgan fingerprint density at radius 2 is 2.03 bits per heavy atom. The molecule has 172 valence electrons. The first-order chi connectivity index (χ1) is 15.7. The van der Waals surface area contributed by atoms with Crippen LogP contribution < -0.4 is 4.74 Å². The Bertz CT molecular complexity index is 1240. The van der Waals surface area contributed by atoms with Gasteiger partial charge in [0.2, 0.25) is 17.7 Å². The Labute approximate surface area is 196 Å². The minimum atomic E-state index is -1.29. The molecular weight excluding hydrogens is 444 g/mol. The van der Waals surface area contributed by atoms with E-state index in [1.54, 1.807) is 48.3 Å². The molecule has 8 nitrogen and oxygen atoms in total. The van der Waals surface area contributed by atoms with E-state index in [0.717, 1.165) is 21.8 Å². The van der Waals surface area contributed by atoms with Gasteiger partial charge in [-0.1, -0.05) is 29.8 Å². The number of nitrogens with zero attached hydrogens (tertiary/aromatic N) is 3. The molecule has 3 amide bonds. The molecule has 1 saturated heterocycles. The van der Waals surface area contributed by atoms with E-state index in [2.05, 4.69) is 9.97 Å². The van der Waals surface area contributed by atoms with Crippen molar-refractivity contribution >= 4 is 40.4 Å². The third-order valence-corrected chi connectivity index (χ3v) is 6.45. The highest BCUT2D eigenvalue weighted by atomic mass is 35.5. The third kappa shape index (κ3) is 4.18. The van der Waals surface area contributed by atoms with Crippen LogP contribution in [0.2, 0.25) is 5.02 Å². The van der Waals surface area contributed by atoms with Gasteiger partial charge in [-0.15, -0.1) is 0 Å². The maximum atomic E-state index is 13.2. The summed E-state index contributed by atoms with van der Waals surface area (Å²) < 4.78 is 5.46. The van der Waals surface area contributed by atoms with Gasteiger partial charge in [-0.3, -0.25) is 19.3 Å². The molecule has 0 aliphatic carbocycles. The highest BCUT2D eigenvalue weighted by Crippen LogP contribution is 2.43. The lowest BCUT2D eigenvalue weighted by molar-refractivity contribution is -0.141. The minimum absolute atomic E-state index is 0.0768. The average molecular weight is 469 g/mol. The number of hydrogen-bond acceptors (Lipinski definition) is 5. The number of benzene rings is 2. The standard InChI is InChI=1S/C24H25ClN4O4/c1-28(11-10-20-26-17-9-8-15(25)12-18(17)27-20)21(30)13-24(14-22(31)29(2)23(24)32)16-6-4-5-7-19(16)33-3/h4-9,12H,10-11,13-14H2,1-3H3,(H,26,27). The molecule has 0 saturated carbocycles. The number of imidazole rings is 1. The molecule has 1 aliphatic rings. The van der Waals surface area contributed by atoms with Crippen molar-refractivity contribution in [3.05, 3.63) is 58.9 Å². The summed E-state index contributed by atoms with van der Waals surface area (Å²) in [5.74, 6) is 0.260. The van der Waals surface area contributed by atoms with Crippen molar-refractivity contribution in [2.45, 2.75) is 24.7 Å². The van der Waals surface area contributed by atoms with E-state index in [9.17, 15) is 14.4 Å². The van der Waals surface area contributed by atoms with Gasteiger partial charge in [-0.2, -0.15) is 0 Å². The van der Waals surface area contributed by atoms with E-state index in [1.165, 1.54) is 14.2 Å². The van der Waals surface area contributed by atoms with Crippen molar-refractivity contribution in [2.24, 2.45) is 0 Å². The van der Waals surface area contributed by atoms with Crippen molar-refractivity contribution < 1.29 is 19.1 Å². The summed E-state index contributed by atoms with van der Waals surface area (Å²) in [4.78, 5) is 49.3. The van der Waals surface area contributed by atoms with Crippen LogP contribution in [-0.2, 0) is 26.2 Å². The number of nitrogens with one attached hydrogen (secondary N) is 1. The number of aromatic amines is 1. The molecule has 1 fully saturated rings. The molecule has 3 aromatic rings. The Balaban J connectivity index is 1.54. The van der Waals surface area contributed by atoms with E-state index in [4.69, 9.17) is 16.3 Å². The number of carbonyl (C=O) groups is 3. The summed E-state index contributed by atoms with van der Waals surface area (Å²) in [5.41, 5.74) is 0.891. The largest absolute Gasteiger partial charge is 0.496 e. The molecule has 1 unspecified atom stereocenters. The lowest BCUT2D eigenvalue weighted by atomic mass is 9.75. The number of methoxy groups -OCH3 is 1. The zero-order valence-electron chi connectivity index (χ0n) is 18.7. The van der Waals surface area contributed by atoms with E-state index >= 15 is 0 Å². The molecule has 0 radical (unpaired) electrons. The van der Waals surface area contributed by atoms with Gasteiger partial charge in [-0.05, 0) is 24.3 Å². The maximum absolute atomic E-state index is 13.2. The number of aromatic nitrogens is 2. The molecular formula is C24H25ClN4O4. The van der Waals surface area contributed by atoms with Crippen LogP contribution >= 0.6 is 11.6 Å². The van der Waals surface area contributed by atoms with Crippen molar-refractivity contribution in [1.82, 2.24) is 19.8 Å². The Kier molecular flexibility index (Phi) is 6.12. The Morgan fingerprint density at radius 3 is 2.73 bits per heavy atom. The van der Waals surface area contributed by atoms with Gasteiger partial charge < -0.3 is 14.6 Å². The smallest absolute Gasteiger partial charge is 0.240 e. The predicted molar refractivity (Wildman–Crippen MR) is 124 cm³/mol. The van der Waals surface area contributed by atoms with E-state index in [1.807, 2.05) is 6.07 Å². The van der Waals surface area contributed by atoms with Gasteiger partial charge in [0.05, 0.1) is 23.6 Å². The van der Waals surface area contributed by atoms with E-state index in [0.29, 0.717) is 29.3 Å².